The maximum atomic E-state index is 11.9. The number of azide groups is 1. The third-order valence-electron chi connectivity index (χ3n) is 4.16. The molecular formula is C13H19N5O5. The number of aromatic nitrogens is 2. The maximum Gasteiger partial charge on any atom is 0.330 e. The van der Waals surface area contributed by atoms with Crippen LogP contribution in [0.4, 0.5) is 0 Å². The zero-order valence-electron chi connectivity index (χ0n) is 12.6. The number of nitrogens with one attached hydrogen (secondary N) is 1. The van der Waals surface area contributed by atoms with Gasteiger partial charge in [0.2, 0.25) is 0 Å². The van der Waals surface area contributed by atoms with E-state index in [2.05, 4.69) is 15.0 Å². The van der Waals surface area contributed by atoms with Crippen molar-refractivity contribution in [2.45, 2.75) is 50.2 Å². The van der Waals surface area contributed by atoms with Gasteiger partial charge in [0.1, 0.15) is 12.2 Å². The Morgan fingerprint density at radius 1 is 1.52 bits per heavy atom. The molecule has 3 N–H and O–H groups in total. The molecule has 1 unspecified atom stereocenters. The molecule has 0 amide bonds. The molecule has 0 radical (unpaired) electrons. The number of nitrogens with zero attached hydrogens (tertiary/aromatic N) is 4. The minimum absolute atomic E-state index is 0.244. The second-order valence-electron chi connectivity index (χ2n) is 5.44. The summed E-state index contributed by atoms with van der Waals surface area (Å²) < 4.78 is 6.86. The summed E-state index contributed by atoms with van der Waals surface area (Å²) in [6.45, 7) is 2.04. The Morgan fingerprint density at radius 2 is 2.26 bits per heavy atom. The van der Waals surface area contributed by atoms with Gasteiger partial charge in [0.25, 0.3) is 5.56 Å². The summed E-state index contributed by atoms with van der Waals surface area (Å²) in [5.74, 6) is 0. The van der Waals surface area contributed by atoms with Gasteiger partial charge in [-0.1, -0.05) is 12.0 Å². The zero-order chi connectivity index (χ0) is 17.0. The molecule has 0 aromatic carbocycles. The van der Waals surface area contributed by atoms with Crippen LogP contribution in [0.25, 0.3) is 10.4 Å². The SMILES string of the molecule is CC[C@@]1(CCCN=[N+]=[N-])O[C@@H](n2ccc(=O)[nH]c2=O)C(O)[C@H]1O. The van der Waals surface area contributed by atoms with Gasteiger partial charge in [0.15, 0.2) is 6.23 Å². The number of aliphatic hydroxyl groups is 2. The Kier molecular flexibility index (Phi) is 5.22. The monoisotopic (exact) mass is 325 g/mol. The average Bonchev–Trinajstić information content (AvgIpc) is 2.77. The molecule has 2 heterocycles. The fraction of sp³-hybridized carbons (Fsp3) is 0.692. The van der Waals surface area contributed by atoms with E-state index in [1.54, 1.807) is 6.92 Å². The maximum absolute atomic E-state index is 11.9. The van der Waals surface area contributed by atoms with Crippen LogP contribution >= 0.6 is 0 Å². The van der Waals surface area contributed by atoms with Gasteiger partial charge in [-0.2, -0.15) is 0 Å². The molecule has 4 atom stereocenters. The minimum Gasteiger partial charge on any atom is -0.387 e. The molecule has 1 aliphatic heterocycles. The highest BCUT2D eigenvalue weighted by atomic mass is 16.6. The minimum atomic E-state index is -1.32. The Balaban J connectivity index is 2.26. The average molecular weight is 325 g/mol. The van der Waals surface area contributed by atoms with Gasteiger partial charge in [-0.15, -0.1) is 0 Å². The number of ether oxygens (including phenoxy) is 1. The highest BCUT2D eigenvalue weighted by Gasteiger charge is 2.53. The predicted octanol–water partition coefficient (Wildman–Crippen LogP) is 0.0265. The number of aliphatic hydroxyl groups excluding tert-OH is 2. The van der Waals surface area contributed by atoms with E-state index in [4.69, 9.17) is 10.3 Å². The summed E-state index contributed by atoms with van der Waals surface area (Å²) in [6, 6.07) is 1.14. The number of hydrogen-bond donors (Lipinski definition) is 3. The van der Waals surface area contributed by atoms with E-state index >= 15 is 0 Å². The highest BCUT2D eigenvalue weighted by molar-refractivity contribution is 5.01. The van der Waals surface area contributed by atoms with Crippen LogP contribution in [-0.2, 0) is 4.74 Å². The van der Waals surface area contributed by atoms with Crippen LogP contribution in [-0.4, -0.2) is 44.1 Å². The lowest BCUT2D eigenvalue weighted by Crippen LogP contribution is -2.42. The summed E-state index contributed by atoms with van der Waals surface area (Å²) in [7, 11) is 0. The molecule has 1 fully saturated rings. The largest absolute Gasteiger partial charge is 0.387 e. The smallest absolute Gasteiger partial charge is 0.330 e. The van der Waals surface area contributed by atoms with Crippen molar-refractivity contribution in [3.63, 3.8) is 0 Å². The zero-order valence-corrected chi connectivity index (χ0v) is 12.6. The Bertz CT molecular complexity index is 709. The number of rotatable bonds is 6. The molecule has 10 nitrogen and oxygen atoms in total. The molecule has 1 aromatic rings. The standard InChI is InChI=1S/C13H19N5O5/c1-2-13(5-3-6-15-17-14)10(21)9(20)11(23-13)18-7-4-8(19)16-12(18)22/h4,7,9-11,20-21H,2-3,5-6H2,1H3,(H,16,19,22)/t9?,10-,11-,13+/m1/s1. The topological polar surface area (TPSA) is 153 Å². The fourth-order valence-corrected chi connectivity index (χ4v) is 2.87. The van der Waals surface area contributed by atoms with Crippen LogP contribution < -0.4 is 11.2 Å². The first kappa shape index (κ1) is 17.2. The van der Waals surface area contributed by atoms with Gasteiger partial charge in [0, 0.05) is 23.7 Å². The van der Waals surface area contributed by atoms with Gasteiger partial charge < -0.3 is 14.9 Å². The molecule has 1 aromatic heterocycles. The van der Waals surface area contributed by atoms with Crippen molar-refractivity contribution in [2.24, 2.45) is 5.11 Å². The van der Waals surface area contributed by atoms with E-state index in [1.807, 2.05) is 0 Å². The second-order valence-corrected chi connectivity index (χ2v) is 5.44. The lowest BCUT2D eigenvalue weighted by molar-refractivity contribution is -0.112. The van der Waals surface area contributed by atoms with Crippen molar-refractivity contribution >= 4 is 0 Å². The molecule has 10 heteroatoms. The molecule has 0 spiro atoms. The van der Waals surface area contributed by atoms with Crippen molar-refractivity contribution < 1.29 is 14.9 Å². The van der Waals surface area contributed by atoms with E-state index in [9.17, 15) is 19.8 Å². The van der Waals surface area contributed by atoms with Crippen LogP contribution in [0.15, 0.2) is 27.0 Å². The number of hydrogen-bond acceptors (Lipinski definition) is 6. The van der Waals surface area contributed by atoms with Crippen molar-refractivity contribution in [1.29, 1.82) is 0 Å². The fourth-order valence-electron chi connectivity index (χ4n) is 2.87. The molecule has 1 saturated heterocycles. The summed E-state index contributed by atoms with van der Waals surface area (Å²) in [4.78, 5) is 27.7. The van der Waals surface area contributed by atoms with Crippen LogP contribution in [0.5, 0.6) is 0 Å². The first-order chi connectivity index (χ1) is 10.9. The van der Waals surface area contributed by atoms with Crippen LogP contribution in [0.3, 0.4) is 0 Å². The van der Waals surface area contributed by atoms with Gasteiger partial charge >= 0.3 is 5.69 Å². The molecule has 0 bridgehead atoms. The quantitative estimate of drug-likeness (QED) is 0.291. The van der Waals surface area contributed by atoms with Crippen molar-refractivity contribution in [1.82, 2.24) is 9.55 Å². The Labute approximate surface area is 131 Å². The number of aromatic amines is 1. The molecule has 0 aliphatic carbocycles. The van der Waals surface area contributed by atoms with Crippen molar-refractivity contribution in [3.8, 4) is 0 Å². The summed E-state index contributed by atoms with van der Waals surface area (Å²) >= 11 is 0. The Morgan fingerprint density at radius 3 is 2.87 bits per heavy atom. The van der Waals surface area contributed by atoms with E-state index in [0.29, 0.717) is 19.3 Å². The molecule has 23 heavy (non-hydrogen) atoms. The number of H-pyrrole nitrogens is 1. The Hall–Kier alpha value is -2.13. The van der Waals surface area contributed by atoms with Crippen LogP contribution in [0, 0.1) is 0 Å². The summed E-state index contributed by atoms with van der Waals surface area (Å²) in [5.41, 5.74) is 5.95. The molecule has 0 saturated carbocycles. The van der Waals surface area contributed by atoms with Crippen molar-refractivity contribution in [2.75, 3.05) is 6.54 Å². The molecular weight excluding hydrogens is 306 g/mol. The van der Waals surface area contributed by atoms with Gasteiger partial charge in [-0.3, -0.25) is 14.3 Å². The van der Waals surface area contributed by atoms with Crippen LogP contribution in [0.2, 0.25) is 0 Å². The van der Waals surface area contributed by atoms with Gasteiger partial charge in [0.05, 0.1) is 5.60 Å². The van der Waals surface area contributed by atoms with Gasteiger partial charge in [-0.25, -0.2) is 4.79 Å². The van der Waals surface area contributed by atoms with E-state index in [0.717, 1.165) is 10.6 Å². The second kappa shape index (κ2) is 6.97. The third kappa shape index (κ3) is 3.30. The first-order valence-electron chi connectivity index (χ1n) is 7.31. The third-order valence-corrected chi connectivity index (χ3v) is 4.16. The van der Waals surface area contributed by atoms with Gasteiger partial charge in [-0.05, 0) is 24.8 Å². The van der Waals surface area contributed by atoms with E-state index < -0.39 is 35.3 Å². The molecule has 126 valence electrons. The summed E-state index contributed by atoms with van der Waals surface area (Å²) in [5, 5.41) is 24.1. The van der Waals surface area contributed by atoms with E-state index in [-0.39, 0.29) is 6.54 Å². The van der Waals surface area contributed by atoms with E-state index in [1.165, 1.54) is 6.20 Å². The van der Waals surface area contributed by atoms with Crippen LogP contribution in [0.1, 0.15) is 32.4 Å². The lowest BCUT2D eigenvalue weighted by atomic mass is 9.88. The highest BCUT2D eigenvalue weighted by Crippen LogP contribution is 2.41. The lowest BCUT2D eigenvalue weighted by Gasteiger charge is -2.30. The van der Waals surface area contributed by atoms with Crippen molar-refractivity contribution in [3.05, 3.63) is 43.5 Å². The predicted molar refractivity (Wildman–Crippen MR) is 79.7 cm³/mol. The first-order valence-corrected chi connectivity index (χ1v) is 7.31. The molecule has 1 aliphatic rings. The normalized spacial score (nSPS) is 30.1. The summed E-state index contributed by atoms with van der Waals surface area (Å²) in [6.07, 6.45) is -1.19. The molecule has 2 rings (SSSR count).